The zero-order valence-electron chi connectivity index (χ0n) is 14.6. The van der Waals surface area contributed by atoms with Gasteiger partial charge in [-0.25, -0.2) is 0 Å². The Bertz CT molecular complexity index is 406. The molecule has 1 saturated carbocycles. The maximum absolute atomic E-state index is 12.1. The number of nitrogens with zero attached hydrogens (tertiary/aromatic N) is 1. The molecule has 2 amide bonds. The third-order valence-corrected chi connectivity index (χ3v) is 4.91. The van der Waals surface area contributed by atoms with E-state index in [-0.39, 0.29) is 30.5 Å². The van der Waals surface area contributed by atoms with Gasteiger partial charge in [-0.15, -0.1) is 0 Å². The third-order valence-electron chi connectivity index (χ3n) is 4.91. The van der Waals surface area contributed by atoms with E-state index in [4.69, 9.17) is 4.74 Å². The fraction of sp³-hybridized carbons (Fsp3) is 0.882. The first-order chi connectivity index (χ1) is 11.0. The lowest BCUT2D eigenvalue weighted by atomic mass is 9.80. The highest BCUT2D eigenvalue weighted by Crippen LogP contribution is 2.31. The van der Waals surface area contributed by atoms with Gasteiger partial charge in [0.1, 0.15) is 0 Å². The summed E-state index contributed by atoms with van der Waals surface area (Å²) in [6.45, 7) is 8.78. The molecule has 1 aliphatic heterocycles. The summed E-state index contributed by atoms with van der Waals surface area (Å²) in [6, 6.07) is -0.0400. The lowest BCUT2D eigenvalue weighted by molar-refractivity contribution is -0.137. The van der Waals surface area contributed by atoms with Gasteiger partial charge in [0.25, 0.3) is 0 Å². The smallest absolute Gasteiger partial charge is 0.239 e. The Morgan fingerprint density at radius 3 is 2.74 bits per heavy atom. The van der Waals surface area contributed by atoms with Crippen molar-refractivity contribution in [3.05, 3.63) is 0 Å². The van der Waals surface area contributed by atoms with Crippen LogP contribution in [0.4, 0.5) is 0 Å². The average Bonchev–Trinajstić information content (AvgIpc) is 2.49. The van der Waals surface area contributed by atoms with Crippen LogP contribution in [-0.4, -0.2) is 61.6 Å². The van der Waals surface area contributed by atoms with E-state index >= 15 is 0 Å². The summed E-state index contributed by atoms with van der Waals surface area (Å²) < 4.78 is 6.08. The molecule has 1 aliphatic carbocycles. The number of piperazine rings is 1. The quantitative estimate of drug-likeness (QED) is 0.756. The maximum Gasteiger partial charge on any atom is 0.239 e. The van der Waals surface area contributed by atoms with Crippen LogP contribution >= 0.6 is 0 Å². The Balaban J connectivity index is 1.70. The molecule has 0 spiro atoms. The van der Waals surface area contributed by atoms with Crippen molar-refractivity contribution in [1.82, 2.24) is 15.5 Å². The van der Waals surface area contributed by atoms with Crippen LogP contribution in [0.25, 0.3) is 0 Å². The van der Waals surface area contributed by atoms with Crippen molar-refractivity contribution in [1.29, 1.82) is 0 Å². The van der Waals surface area contributed by atoms with Crippen molar-refractivity contribution in [2.75, 3.05) is 32.8 Å². The molecule has 0 aromatic heterocycles. The molecular formula is C17H31N3O3. The van der Waals surface area contributed by atoms with E-state index in [1.54, 1.807) is 4.90 Å². The third kappa shape index (κ3) is 5.46. The van der Waals surface area contributed by atoms with Crippen LogP contribution in [0.3, 0.4) is 0 Å². The highest BCUT2D eigenvalue weighted by Gasteiger charge is 2.29. The van der Waals surface area contributed by atoms with Crippen molar-refractivity contribution >= 4 is 11.8 Å². The lowest BCUT2D eigenvalue weighted by Gasteiger charge is -2.35. The minimum Gasteiger partial charge on any atom is -0.376 e. The van der Waals surface area contributed by atoms with Gasteiger partial charge in [0.05, 0.1) is 25.8 Å². The molecule has 3 unspecified atom stereocenters. The summed E-state index contributed by atoms with van der Waals surface area (Å²) in [5, 5.41) is 5.94. The minimum atomic E-state index is -0.110. The van der Waals surface area contributed by atoms with Crippen molar-refractivity contribution in [3.8, 4) is 0 Å². The fourth-order valence-electron chi connectivity index (χ4n) is 3.58. The Morgan fingerprint density at radius 2 is 2.09 bits per heavy atom. The minimum absolute atomic E-state index is 0.0137. The molecule has 0 aromatic rings. The van der Waals surface area contributed by atoms with Crippen molar-refractivity contribution in [2.45, 2.75) is 52.2 Å². The molecule has 6 heteroatoms. The molecule has 2 rings (SSSR count). The summed E-state index contributed by atoms with van der Waals surface area (Å²) in [5.74, 6) is 1.04. The van der Waals surface area contributed by atoms with Gasteiger partial charge in [-0.05, 0) is 31.6 Å². The Morgan fingerprint density at radius 1 is 1.39 bits per heavy atom. The van der Waals surface area contributed by atoms with Crippen LogP contribution in [0, 0.1) is 11.8 Å². The highest BCUT2D eigenvalue weighted by atomic mass is 16.5. The summed E-state index contributed by atoms with van der Waals surface area (Å²) in [6.07, 6.45) is 4.02. The van der Waals surface area contributed by atoms with Gasteiger partial charge >= 0.3 is 0 Å². The highest BCUT2D eigenvalue weighted by molar-refractivity contribution is 5.86. The molecule has 0 radical (unpaired) electrons. The summed E-state index contributed by atoms with van der Waals surface area (Å²) in [7, 11) is 0. The molecule has 132 valence electrons. The number of carbonyl (C=O) groups excluding carboxylic acids is 2. The summed E-state index contributed by atoms with van der Waals surface area (Å²) in [4.78, 5) is 25.3. The van der Waals surface area contributed by atoms with Gasteiger partial charge in [0.15, 0.2) is 0 Å². The standard InChI is InChI=1S/C17H31N3O3/c1-12-5-4-6-13(2)17(12)23-11-14(3)19-15(21)10-20-8-7-18-9-16(20)22/h12-14,17-18H,4-11H2,1-3H3,(H,19,21). The van der Waals surface area contributed by atoms with Crippen molar-refractivity contribution in [2.24, 2.45) is 11.8 Å². The second-order valence-corrected chi connectivity index (χ2v) is 7.14. The molecule has 3 atom stereocenters. The van der Waals surface area contributed by atoms with E-state index in [9.17, 15) is 9.59 Å². The van der Waals surface area contributed by atoms with Crippen LogP contribution in [0.5, 0.6) is 0 Å². The number of carbonyl (C=O) groups is 2. The van der Waals surface area contributed by atoms with Crippen LogP contribution in [0.15, 0.2) is 0 Å². The van der Waals surface area contributed by atoms with E-state index < -0.39 is 0 Å². The number of amides is 2. The number of rotatable bonds is 6. The Labute approximate surface area is 139 Å². The van der Waals surface area contributed by atoms with Crippen LogP contribution < -0.4 is 10.6 Å². The first-order valence-corrected chi connectivity index (χ1v) is 8.87. The zero-order chi connectivity index (χ0) is 16.8. The van der Waals surface area contributed by atoms with E-state index in [2.05, 4.69) is 24.5 Å². The number of hydrogen-bond acceptors (Lipinski definition) is 4. The number of nitrogens with one attached hydrogen (secondary N) is 2. The molecule has 2 N–H and O–H groups in total. The first-order valence-electron chi connectivity index (χ1n) is 8.87. The van der Waals surface area contributed by atoms with Gasteiger partial charge < -0.3 is 20.3 Å². The van der Waals surface area contributed by atoms with Crippen molar-refractivity contribution < 1.29 is 14.3 Å². The van der Waals surface area contributed by atoms with Crippen molar-refractivity contribution in [3.63, 3.8) is 0 Å². The predicted molar refractivity (Wildman–Crippen MR) is 89.0 cm³/mol. The Kier molecular flexibility index (Phi) is 6.84. The number of ether oxygens (including phenoxy) is 1. The van der Waals surface area contributed by atoms with Gasteiger partial charge in [-0.1, -0.05) is 20.3 Å². The molecule has 23 heavy (non-hydrogen) atoms. The largest absolute Gasteiger partial charge is 0.376 e. The van der Waals surface area contributed by atoms with Gasteiger partial charge in [0, 0.05) is 19.1 Å². The lowest BCUT2D eigenvalue weighted by Crippen LogP contribution is -2.52. The molecule has 6 nitrogen and oxygen atoms in total. The molecule has 2 fully saturated rings. The van der Waals surface area contributed by atoms with E-state index in [1.165, 1.54) is 19.3 Å². The molecule has 0 bridgehead atoms. The summed E-state index contributed by atoms with van der Waals surface area (Å²) >= 11 is 0. The molecule has 0 aromatic carbocycles. The topological polar surface area (TPSA) is 70.7 Å². The molecule has 2 aliphatic rings. The zero-order valence-corrected chi connectivity index (χ0v) is 14.6. The first kappa shape index (κ1) is 18.2. The van der Waals surface area contributed by atoms with Gasteiger partial charge in [-0.3, -0.25) is 9.59 Å². The van der Waals surface area contributed by atoms with Gasteiger partial charge in [-0.2, -0.15) is 0 Å². The summed E-state index contributed by atoms with van der Waals surface area (Å²) in [5.41, 5.74) is 0. The fourth-order valence-corrected chi connectivity index (χ4v) is 3.58. The predicted octanol–water partition coefficient (Wildman–Crippen LogP) is 0.764. The monoisotopic (exact) mass is 325 g/mol. The maximum atomic E-state index is 12.1. The normalized spacial score (nSPS) is 30.1. The molecule has 1 saturated heterocycles. The molecular weight excluding hydrogens is 294 g/mol. The van der Waals surface area contributed by atoms with E-state index in [0.717, 1.165) is 6.54 Å². The Hall–Kier alpha value is -1.14. The SMILES string of the molecule is CC(COC1C(C)CCCC1C)NC(=O)CN1CCNCC1=O. The average molecular weight is 325 g/mol. The molecule has 1 heterocycles. The number of hydrogen-bond donors (Lipinski definition) is 2. The van der Waals surface area contributed by atoms with Crippen LogP contribution in [0.2, 0.25) is 0 Å². The second-order valence-electron chi connectivity index (χ2n) is 7.14. The van der Waals surface area contributed by atoms with Crippen LogP contribution in [0.1, 0.15) is 40.0 Å². The second kappa shape index (κ2) is 8.64. The van der Waals surface area contributed by atoms with E-state index in [0.29, 0.717) is 31.5 Å². The van der Waals surface area contributed by atoms with E-state index in [1.807, 2.05) is 6.92 Å². The van der Waals surface area contributed by atoms with Gasteiger partial charge in [0.2, 0.25) is 11.8 Å². The van der Waals surface area contributed by atoms with Crippen LogP contribution in [-0.2, 0) is 14.3 Å².